The predicted molar refractivity (Wildman–Crippen MR) is 109 cm³/mol. The van der Waals surface area contributed by atoms with Crippen LogP contribution in [0.3, 0.4) is 0 Å². The van der Waals surface area contributed by atoms with Crippen LogP contribution >= 0.6 is 23.2 Å². The Bertz CT molecular complexity index is 1080. The Labute approximate surface area is 163 Å². The van der Waals surface area contributed by atoms with Crippen molar-refractivity contribution in [1.82, 2.24) is 9.55 Å². The Morgan fingerprint density at radius 2 is 1.65 bits per heavy atom. The van der Waals surface area contributed by atoms with Crippen LogP contribution in [0.15, 0.2) is 66.7 Å². The van der Waals surface area contributed by atoms with E-state index in [-0.39, 0.29) is 0 Å². The maximum absolute atomic E-state index is 6.42. The lowest BCUT2D eigenvalue weighted by Gasteiger charge is -2.12. The number of fused-ring (bicyclic) bond motifs is 1. The number of aromatic nitrogens is 2. The average molecular weight is 381 g/mol. The van der Waals surface area contributed by atoms with E-state index in [9.17, 15) is 0 Å². The number of halogens is 2. The number of nitrogens with zero attached hydrogens (tertiary/aromatic N) is 2. The molecule has 3 aromatic carbocycles. The normalized spacial score (nSPS) is 11.2. The Morgan fingerprint density at radius 1 is 0.885 bits per heavy atom. The Kier molecular flexibility index (Phi) is 4.71. The average Bonchev–Trinajstić information content (AvgIpc) is 2.97. The van der Waals surface area contributed by atoms with Gasteiger partial charge in [0.05, 0.1) is 17.6 Å². The summed E-state index contributed by atoms with van der Waals surface area (Å²) in [5.41, 5.74) is 5.70. The van der Waals surface area contributed by atoms with E-state index in [1.54, 1.807) is 6.07 Å². The van der Waals surface area contributed by atoms with E-state index in [1.807, 2.05) is 24.3 Å². The smallest absolute Gasteiger partial charge is 0.114 e. The fraction of sp³-hybridized carbons (Fsp3) is 0.136. The molecular weight excluding hydrogens is 363 g/mol. The summed E-state index contributed by atoms with van der Waals surface area (Å²) in [5.74, 6) is 1.03. The Balaban J connectivity index is 1.80. The standard InChI is InChI=1S/C22H18Cl2N2/c1-15-6-2-3-7-16(15)12-22-25-20-8-4-5-9-21(20)26(22)14-17-10-11-18(23)13-19(17)24/h2-11,13H,12,14H2,1H3. The third kappa shape index (κ3) is 3.35. The highest BCUT2D eigenvalue weighted by Gasteiger charge is 2.13. The van der Waals surface area contributed by atoms with Gasteiger partial charge in [-0.05, 0) is 47.9 Å². The summed E-state index contributed by atoms with van der Waals surface area (Å²) in [6.45, 7) is 2.80. The molecule has 0 saturated carbocycles. The molecule has 1 aromatic heterocycles. The van der Waals surface area contributed by atoms with Gasteiger partial charge in [-0.25, -0.2) is 4.98 Å². The zero-order valence-corrected chi connectivity index (χ0v) is 15.9. The van der Waals surface area contributed by atoms with Gasteiger partial charge < -0.3 is 4.57 Å². The first-order valence-corrected chi connectivity index (χ1v) is 9.30. The van der Waals surface area contributed by atoms with E-state index in [4.69, 9.17) is 28.2 Å². The molecule has 2 nitrogen and oxygen atoms in total. The lowest BCUT2D eigenvalue weighted by molar-refractivity contribution is 0.761. The molecule has 0 aliphatic heterocycles. The van der Waals surface area contributed by atoms with Crippen LogP contribution in [0.5, 0.6) is 0 Å². The quantitative estimate of drug-likeness (QED) is 0.406. The molecule has 1 heterocycles. The molecule has 0 N–H and O–H groups in total. The van der Waals surface area contributed by atoms with Gasteiger partial charge in [0.25, 0.3) is 0 Å². The molecule has 0 radical (unpaired) electrons. The maximum atomic E-state index is 6.42. The number of rotatable bonds is 4. The molecule has 0 unspecified atom stereocenters. The van der Waals surface area contributed by atoms with Crippen molar-refractivity contribution in [2.75, 3.05) is 0 Å². The second-order valence-corrected chi connectivity index (χ2v) is 7.29. The van der Waals surface area contributed by atoms with Crippen molar-refractivity contribution < 1.29 is 0 Å². The van der Waals surface area contributed by atoms with Crippen LogP contribution in [0.25, 0.3) is 11.0 Å². The van der Waals surface area contributed by atoms with Crippen LogP contribution < -0.4 is 0 Å². The highest BCUT2D eigenvalue weighted by Crippen LogP contribution is 2.26. The molecule has 0 fully saturated rings. The first kappa shape index (κ1) is 17.1. The molecule has 0 bridgehead atoms. The fourth-order valence-electron chi connectivity index (χ4n) is 3.24. The minimum absolute atomic E-state index is 0.648. The van der Waals surface area contributed by atoms with Gasteiger partial charge in [0, 0.05) is 16.5 Å². The molecule has 0 amide bonds. The molecule has 26 heavy (non-hydrogen) atoms. The van der Waals surface area contributed by atoms with E-state index >= 15 is 0 Å². The van der Waals surface area contributed by atoms with Crippen LogP contribution in [0.4, 0.5) is 0 Å². The lowest BCUT2D eigenvalue weighted by atomic mass is 10.1. The summed E-state index contributed by atoms with van der Waals surface area (Å²) in [5, 5.41) is 1.33. The second-order valence-electron chi connectivity index (χ2n) is 6.44. The molecule has 4 aromatic rings. The summed E-state index contributed by atoms with van der Waals surface area (Å²) in [7, 11) is 0. The number of hydrogen-bond acceptors (Lipinski definition) is 1. The highest BCUT2D eigenvalue weighted by atomic mass is 35.5. The SMILES string of the molecule is Cc1ccccc1Cc1nc2ccccc2n1Cc1ccc(Cl)cc1Cl. The zero-order valence-electron chi connectivity index (χ0n) is 14.4. The Morgan fingerprint density at radius 3 is 2.46 bits per heavy atom. The molecule has 0 aliphatic rings. The third-order valence-electron chi connectivity index (χ3n) is 4.69. The topological polar surface area (TPSA) is 17.8 Å². The van der Waals surface area contributed by atoms with Crippen molar-refractivity contribution in [3.63, 3.8) is 0 Å². The zero-order chi connectivity index (χ0) is 18.1. The maximum Gasteiger partial charge on any atom is 0.114 e. The van der Waals surface area contributed by atoms with E-state index < -0.39 is 0 Å². The summed E-state index contributed by atoms with van der Waals surface area (Å²) in [4.78, 5) is 4.89. The van der Waals surface area contributed by atoms with Crippen LogP contribution in [0.1, 0.15) is 22.5 Å². The Hall–Kier alpha value is -2.29. The van der Waals surface area contributed by atoms with Gasteiger partial charge in [-0.2, -0.15) is 0 Å². The van der Waals surface area contributed by atoms with Crippen LogP contribution in [0, 0.1) is 6.92 Å². The highest BCUT2D eigenvalue weighted by molar-refractivity contribution is 6.35. The number of aryl methyl sites for hydroxylation is 1. The van der Waals surface area contributed by atoms with Gasteiger partial charge in [-0.15, -0.1) is 0 Å². The van der Waals surface area contributed by atoms with Crippen LogP contribution in [-0.4, -0.2) is 9.55 Å². The molecule has 130 valence electrons. The van der Waals surface area contributed by atoms with Crippen molar-refractivity contribution in [2.24, 2.45) is 0 Å². The van der Waals surface area contributed by atoms with E-state index in [0.717, 1.165) is 28.8 Å². The van der Waals surface area contributed by atoms with Gasteiger partial charge in [0.15, 0.2) is 0 Å². The van der Waals surface area contributed by atoms with Crippen molar-refractivity contribution in [3.8, 4) is 0 Å². The van der Waals surface area contributed by atoms with Crippen molar-refractivity contribution in [2.45, 2.75) is 19.9 Å². The second kappa shape index (κ2) is 7.14. The van der Waals surface area contributed by atoms with Gasteiger partial charge in [0.2, 0.25) is 0 Å². The molecule has 0 atom stereocenters. The monoisotopic (exact) mass is 380 g/mol. The molecule has 4 rings (SSSR count). The first-order chi connectivity index (χ1) is 12.6. The van der Waals surface area contributed by atoms with Crippen molar-refractivity contribution in [1.29, 1.82) is 0 Å². The third-order valence-corrected chi connectivity index (χ3v) is 5.27. The molecule has 0 saturated heterocycles. The summed E-state index contributed by atoms with van der Waals surface area (Å²) in [6, 6.07) is 22.3. The summed E-state index contributed by atoms with van der Waals surface area (Å²) < 4.78 is 2.25. The summed E-state index contributed by atoms with van der Waals surface area (Å²) in [6.07, 6.45) is 0.784. The van der Waals surface area contributed by atoms with E-state index in [1.165, 1.54) is 11.1 Å². The van der Waals surface area contributed by atoms with Gasteiger partial charge in [-0.1, -0.05) is 65.7 Å². The van der Waals surface area contributed by atoms with Gasteiger partial charge >= 0.3 is 0 Å². The number of imidazole rings is 1. The summed E-state index contributed by atoms with van der Waals surface area (Å²) >= 11 is 12.5. The van der Waals surface area contributed by atoms with Crippen molar-refractivity contribution >= 4 is 34.2 Å². The largest absolute Gasteiger partial charge is 0.323 e. The van der Waals surface area contributed by atoms with Crippen LogP contribution in [-0.2, 0) is 13.0 Å². The van der Waals surface area contributed by atoms with Gasteiger partial charge in [-0.3, -0.25) is 0 Å². The number of para-hydroxylation sites is 2. The molecular formula is C22H18Cl2N2. The van der Waals surface area contributed by atoms with Gasteiger partial charge in [0.1, 0.15) is 5.82 Å². The molecule has 4 heteroatoms. The molecule has 0 spiro atoms. The number of hydrogen-bond donors (Lipinski definition) is 0. The lowest BCUT2D eigenvalue weighted by Crippen LogP contribution is -2.07. The minimum Gasteiger partial charge on any atom is -0.323 e. The fourth-order valence-corrected chi connectivity index (χ4v) is 3.70. The predicted octanol–water partition coefficient (Wildman–Crippen LogP) is 6.29. The van der Waals surface area contributed by atoms with Crippen LogP contribution in [0.2, 0.25) is 10.0 Å². The van der Waals surface area contributed by atoms with E-state index in [2.05, 4.69) is 47.9 Å². The van der Waals surface area contributed by atoms with E-state index in [0.29, 0.717) is 16.6 Å². The first-order valence-electron chi connectivity index (χ1n) is 8.54. The van der Waals surface area contributed by atoms with Crippen molar-refractivity contribution in [3.05, 3.63) is 99.3 Å². The molecule has 0 aliphatic carbocycles. The number of benzene rings is 3. The minimum atomic E-state index is 0.648.